The average Bonchev–Trinajstić information content (AvgIpc) is 2.48. The van der Waals surface area contributed by atoms with Gasteiger partial charge in [0.1, 0.15) is 5.75 Å². The molecule has 1 aromatic heterocycles. The van der Waals surface area contributed by atoms with E-state index in [-0.39, 0.29) is 0 Å². The highest BCUT2D eigenvalue weighted by atomic mass is 79.9. The van der Waals surface area contributed by atoms with Crippen LogP contribution in [-0.4, -0.2) is 30.2 Å². The highest BCUT2D eigenvalue weighted by molar-refractivity contribution is 9.11. The lowest BCUT2D eigenvalue weighted by Crippen LogP contribution is -2.18. The minimum atomic E-state index is 0.318. The number of ether oxygens (including phenoxy) is 2. The molecule has 1 aromatic carbocycles. The van der Waals surface area contributed by atoms with Gasteiger partial charge in [-0.25, -0.2) is 9.97 Å². The van der Waals surface area contributed by atoms with E-state index in [4.69, 9.17) is 9.47 Å². The number of rotatable bonds is 7. The second-order valence-corrected chi connectivity index (χ2v) is 5.99. The molecule has 0 bridgehead atoms. The predicted octanol–water partition coefficient (Wildman–Crippen LogP) is 3.53. The first-order chi connectivity index (χ1) is 10.2. The lowest BCUT2D eigenvalue weighted by atomic mass is 10.3. The van der Waals surface area contributed by atoms with E-state index in [9.17, 15) is 0 Å². The molecule has 0 saturated carbocycles. The Hall–Kier alpha value is -1.02. The second kappa shape index (κ2) is 8.43. The summed E-state index contributed by atoms with van der Waals surface area (Å²) < 4.78 is 12.4. The molecule has 0 aliphatic carbocycles. The fourth-order valence-electron chi connectivity index (χ4n) is 1.55. The molecule has 5 nitrogen and oxygen atoms in total. The van der Waals surface area contributed by atoms with Crippen molar-refractivity contribution in [2.24, 2.45) is 0 Å². The Labute approximate surface area is 140 Å². The number of halogens is 2. The van der Waals surface area contributed by atoms with Crippen LogP contribution in [0.5, 0.6) is 11.8 Å². The van der Waals surface area contributed by atoms with Crippen LogP contribution in [0, 0.1) is 0 Å². The summed E-state index contributed by atoms with van der Waals surface area (Å²) >= 11 is 6.83. The lowest BCUT2D eigenvalue weighted by molar-refractivity contribution is 0.199. The zero-order chi connectivity index (χ0) is 15.1. The summed E-state index contributed by atoms with van der Waals surface area (Å²) in [5, 5.41) is 3.23. The SMILES string of the molecule is COCCNCc1cnc(Oc2ccc(Br)cc2Br)nc1. The highest BCUT2D eigenvalue weighted by Crippen LogP contribution is 2.30. The van der Waals surface area contributed by atoms with E-state index in [2.05, 4.69) is 47.1 Å². The van der Waals surface area contributed by atoms with Crippen LogP contribution in [0.15, 0.2) is 39.5 Å². The number of benzene rings is 1. The second-order valence-electron chi connectivity index (χ2n) is 4.22. The van der Waals surface area contributed by atoms with E-state index in [0.29, 0.717) is 24.9 Å². The van der Waals surface area contributed by atoms with E-state index < -0.39 is 0 Å². The first-order valence-corrected chi connectivity index (χ1v) is 7.91. The van der Waals surface area contributed by atoms with Crippen molar-refractivity contribution in [1.82, 2.24) is 15.3 Å². The van der Waals surface area contributed by atoms with Crippen molar-refractivity contribution in [2.75, 3.05) is 20.3 Å². The smallest absolute Gasteiger partial charge is 0.321 e. The highest BCUT2D eigenvalue weighted by Gasteiger charge is 2.05. The van der Waals surface area contributed by atoms with Crippen LogP contribution in [0.2, 0.25) is 0 Å². The number of methoxy groups -OCH3 is 1. The third kappa shape index (κ3) is 5.35. The summed E-state index contributed by atoms with van der Waals surface area (Å²) in [5.74, 6) is 0.671. The van der Waals surface area contributed by atoms with Gasteiger partial charge in [0.25, 0.3) is 0 Å². The van der Waals surface area contributed by atoms with Gasteiger partial charge in [0.2, 0.25) is 0 Å². The molecule has 7 heteroatoms. The van der Waals surface area contributed by atoms with Gasteiger partial charge < -0.3 is 14.8 Å². The summed E-state index contributed by atoms with van der Waals surface area (Å²) in [7, 11) is 1.68. The summed E-state index contributed by atoms with van der Waals surface area (Å²) in [6, 6.07) is 5.97. The van der Waals surface area contributed by atoms with Gasteiger partial charge >= 0.3 is 6.01 Å². The van der Waals surface area contributed by atoms with Crippen LogP contribution < -0.4 is 10.1 Å². The van der Waals surface area contributed by atoms with Crippen molar-refractivity contribution < 1.29 is 9.47 Å². The van der Waals surface area contributed by atoms with Crippen LogP contribution >= 0.6 is 31.9 Å². The Morgan fingerprint density at radius 1 is 1.19 bits per heavy atom. The normalized spacial score (nSPS) is 10.6. The van der Waals surface area contributed by atoms with E-state index in [1.165, 1.54) is 0 Å². The minimum absolute atomic E-state index is 0.318. The maximum atomic E-state index is 5.63. The molecule has 0 saturated heterocycles. The van der Waals surface area contributed by atoms with Gasteiger partial charge in [-0.3, -0.25) is 0 Å². The molecule has 0 atom stereocenters. The molecule has 0 amide bonds. The van der Waals surface area contributed by atoms with Crippen molar-refractivity contribution in [3.05, 3.63) is 45.1 Å². The molecule has 21 heavy (non-hydrogen) atoms. The van der Waals surface area contributed by atoms with Crippen LogP contribution in [-0.2, 0) is 11.3 Å². The molecule has 0 radical (unpaired) electrons. The summed E-state index contributed by atoms with van der Waals surface area (Å²) in [4.78, 5) is 8.40. The maximum absolute atomic E-state index is 5.63. The Kier molecular flexibility index (Phi) is 6.56. The van der Waals surface area contributed by atoms with Gasteiger partial charge in [-0.1, -0.05) is 15.9 Å². The van der Waals surface area contributed by atoms with Crippen molar-refractivity contribution in [3.8, 4) is 11.8 Å². The first-order valence-electron chi connectivity index (χ1n) is 6.32. The fraction of sp³-hybridized carbons (Fsp3) is 0.286. The number of nitrogens with one attached hydrogen (secondary N) is 1. The Balaban J connectivity index is 1.92. The van der Waals surface area contributed by atoms with E-state index in [0.717, 1.165) is 21.1 Å². The summed E-state index contributed by atoms with van der Waals surface area (Å²) in [6.07, 6.45) is 3.49. The van der Waals surface area contributed by atoms with Gasteiger partial charge in [0.15, 0.2) is 0 Å². The number of hydrogen-bond donors (Lipinski definition) is 1. The lowest BCUT2D eigenvalue weighted by Gasteiger charge is -2.07. The Bertz CT molecular complexity index is 579. The standard InChI is InChI=1S/C14H15Br2N3O2/c1-20-5-4-17-7-10-8-18-14(19-9-10)21-13-3-2-11(15)6-12(13)16/h2-3,6,8-9,17H,4-5,7H2,1H3. The minimum Gasteiger partial charge on any atom is -0.423 e. The van der Waals surface area contributed by atoms with Crippen molar-refractivity contribution >= 4 is 31.9 Å². The fourth-order valence-corrected chi connectivity index (χ4v) is 2.68. The number of aromatic nitrogens is 2. The zero-order valence-electron chi connectivity index (χ0n) is 11.5. The molecule has 0 fully saturated rings. The molecule has 0 unspecified atom stereocenters. The van der Waals surface area contributed by atoms with E-state index in [1.54, 1.807) is 19.5 Å². The molecular weight excluding hydrogens is 402 g/mol. The van der Waals surface area contributed by atoms with Gasteiger partial charge in [-0.15, -0.1) is 0 Å². The van der Waals surface area contributed by atoms with Crippen molar-refractivity contribution in [2.45, 2.75) is 6.54 Å². The Morgan fingerprint density at radius 3 is 2.62 bits per heavy atom. The monoisotopic (exact) mass is 415 g/mol. The van der Waals surface area contributed by atoms with Crippen LogP contribution in [0.3, 0.4) is 0 Å². The average molecular weight is 417 g/mol. The Morgan fingerprint density at radius 2 is 1.95 bits per heavy atom. The van der Waals surface area contributed by atoms with Gasteiger partial charge in [0, 0.05) is 42.6 Å². The molecule has 0 aliphatic heterocycles. The molecule has 0 spiro atoms. The third-order valence-electron chi connectivity index (χ3n) is 2.59. The van der Waals surface area contributed by atoms with Gasteiger partial charge in [-0.05, 0) is 34.1 Å². The number of nitrogens with zero attached hydrogens (tertiary/aromatic N) is 2. The molecule has 2 aromatic rings. The van der Waals surface area contributed by atoms with E-state index in [1.807, 2.05) is 18.2 Å². The maximum Gasteiger partial charge on any atom is 0.321 e. The van der Waals surface area contributed by atoms with Crippen LogP contribution in [0.4, 0.5) is 0 Å². The third-order valence-corrected chi connectivity index (χ3v) is 3.70. The molecule has 0 aliphatic rings. The molecule has 112 valence electrons. The first kappa shape index (κ1) is 16.4. The van der Waals surface area contributed by atoms with Crippen LogP contribution in [0.25, 0.3) is 0 Å². The molecule has 2 rings (SSSR count). The zero-order valence-corrected chi connectivity index (χ0v) is 14.6. The largest absolute Gasteiger partial charge is 0.423 e. The summed E-state index contributed by atoms with van der Waals surface area (Å²) in [6.45, 7) is 2.17. The van der Waals surface area contributed by atoms with Gasteiger partial charge in [-0.2, -0.15) is 0 Å². The topological polar surface area (TPSA) is 56.3 Å². The van der Waals surface area contributed by atoms with Gasteiger partial charge in [0.05, 0.1) is 11.1 Å². The quantitative estimate of drug-likeness (QED) is 0.699. The number of hydrogen-bond acceptors (Lipinski definition) is 5. The molecular formula is C14H15Br2N3O2. The molecule has 1 N–H and O–H groups in total. The summed E-state index contributed by atoms with van der Waals surface area (Å²) in [5.41, 5.74) is 0.994. The van der Waals surface area contributed by atoms with Crippen LogP contribution in [0.1, 0.15) is 5.56 Å². The van der Waals surface area contributed by atoms with Crippen molar-refractivity contribution in [1.29, 1.82) is 0 Å². The van der Waals surface area contributed by atoms with Crippen molar-refractivity contribution in [3.63, 3.8) is 0 Å². The van der Waals surface area contributed by atoms with E-state index >= 15 is 0 Å². The molecule has 1 heterocycles. The predicted molar refractivity (Wildman–Crippen MR) is 87.5 cm³/mol.